The summed E-state index contributed by atoms with van der Waals surface area (Å²) >= 11 is 0. The molecule has 0 saturated heterocycles. The summed E-state index contributed by atoms with van der Waals surface area (Å²) in [6.45, 7) is 5.35. The van der Waals surface area contributed by atoms with Crippen LogP contribution in [0, 0.1) is 0 Å². The minimum atomic E-state index is 0.0460. The topological polar surface area (TPSA) is 44.5 Å². The summed E-state index contributed by atoms with van der Waals surface area (Å²) in [5.41, 5.74) is 5.62. The van der Waals surface area contributed by atoms with Gasteiger partial charge in [0.2, 0.25) is 0 Å². The number of ether oxygens (including phenoxy) is 2. The van der Waals surface area contributed by atoms with Crippen LogP contribution in [0.2, 0.25) is 0 Å². The Hall–Kier alpha value is -1.22. The predicted molar refractivity (Wildman–Crippen MR) is 66.0 cm³/mol. The average Bonchev–Trinajstić information content (AvgIpc) is 2.27. The van der Waals surface area contributed by atoms with Gasteiger partial charge in [-0.2, -0.15) is 0 Å². The minimum Gasteiger partial charge on any atom is -0.493 e. The quantitative estimate of drug-likeness (QED) is 0.723. The number of nitrogens with two attached hydrogens (primary N) is 1. The van der Waals surface area contributed by atoms with E-state index in [0.717, 1.165) is 30.9 Å². The van der Waals surface area contributed by atoms with Crippen molar-refractivity contribution in [2.45, 2.75) is 32.7 Å². The first-order valence-corrected chi connectivity index (χ1v) is 5.83. The highest BCUT2D eigenvalue weighted by Crippen LogP contribution is 2.19. The molecule has 0 bridgehead atoms. The fraction of sp³-hybridized carbons (Fsp3) is 0.538. The molecule has 1 atom stereocenters. The molecule has 2 N–H and O–H groups in total. The van der Waals surface area contributed by atoms with Crippen molar-refractivity contribution in [1.82, 2.24) is 0 Å². The number of benzene rings is 1. The maximum absolute atomic E-state index is 5.62. The second-order valence-electron chi connectivity index (χ2n) is 3.97. The first kappa shape index (κ1) is 12.8. The maximum atomic E-state index is 5.62. The highest BCUT2D eigenvalue weighted by Gasteiger charge is 1.99. The summed E-state index contributed by atoms with van der Waals surface area (Å²) in [4.78, 5) is 0. The number of unbranched alkanes of at least 4 members (excludes halogenated alkanes) is 1. The van der Waals surface area contributed by atoms with E-state index in [1.807, 2.05) is 31.2 Å². The third kappa shape index (κ3) is 5.03. The molecule has 90 valence electrons. The monoisotopic (exact) mass is 223 g/mol. The van der Waals surface area contributed by atoms with Crippen LogP contribution >= 0.6 is 0 Å². The molecule has 1 rings (SSSR count). The lowest BCUT2D eigenvalue weighted by molar-refractivity contribution is 0.286. The van der Waals surface area contributed by atoms with E-state index in [4.69, 9.17) is 15.2 Å². The number of hydrogen-bond acceptors (Lipinski definition) is 3. The zero-order valence-corrected chi connectivity index (χ0v) is 10.1. The molecule has 3 nitrogen and oxygen atoms in total. The van der Waals surface area contributed by atoms with Crippen molar-refractivity contribution in [3.8, 4) is 11.5 Å². The van der Waals surface area contributed by atoms with Crippen LogP contribution in [0.5, 0.6) is 11.5 Å². The van der Waals surface area contributed by atoms with Gasteiger partial charge in [-0.15, -0.1) is 0 Å². The molecule has 1 unspecified atom stereocenters. The zero-order chi connectivity index (χ0) is 11.8. The third-order valence-electron chi connectivity index (χ3n) is 2.09. The van der Waals surface area contributed by atoms with E-state index in [9.17, 15) is 0 Å². The molecule has 16 heavy (non-hydrogen) atoms. The van der Waals surface area contributed by atoms with Crippen molar-refractivity contribution >= 4 is 0 Å². The largest absolute Gasteiger partial charge is 0.493 e. The molecule has 0 aliphatic rings. The molecule has 3 heteroatoms. The van der Waals surface area contributed by atoms with Crippen molar-refractivity contribution < 1.29 is 9.47 Å². The molecular weight excluding hydrogens is 202 g/mol. The summed E-state index contributed by atoms with van der Waals surface area (Å²) in [6.07, 6.45) is 2.21. The SMILES string of the molecule is CCCCOc1cccc(OCC(C)N)c1. The molecule has 0 fully saturated rings. The molecule has 1 aromatic rings. The Morgan fingerprint density at radius 2 is 1.94 bits per heavy atom. The summed E-state index contributed by atoms with van der Waals surface area (Å²) in [7, 11) is 0. The molecule has 0 saturated carbocycles. The second-order valence-corrected chi connectivity index (χ2v) is 3.97. The summed E-state index contributed by atoms with van der Waals surface area (Å²) in [5.74, 6) is 1.67. The van der Waals surface area contributed by atoms with Gasteiger partial charge in [0.1, 0.15) is 18.1 Å². The zero-order valence-electron chi connectivity index (χ0n) is 10.1. The van der Waals surface area contributed by atoms with E-state index in [0.29, 0.717) is 6.61 Å². The molecule has 0 aliphatic carbocycles. The summed E-state index contributed by atoms with van der Waals surface area (Å²) in [6, 6.07) is 7.73. The van der Waals surface area contributed by atoms with Gasteiger partial charge < -0.3 is 15.2 Å². The molecule has 0 amide bonds. The Balaban J connectivity index is 2.43. The van der Waals surface area contributed by atoms with E-state index >= 15 is 0 Å². The van der Waals surface area contributed by atoms with Crippen LogP contribution in [0.1, 0.15) is 26.7 Å². The van der Waals surface area contributed by atoms with Gasteiger partial charge in [0, 0.05) is 12.1 Å². The van der Waals surface area contributed by atoms with Crippen molar-refractivity contribution in [2.24, 2.45) is 5.73 Å². The van der Waals surface area contributed by atoms with E-state index in [1.54, 1.807) is 0 Å². The lowest BCUT2D eigenvalue weighted by Crippen LogP contribution is -2.23. The van der Waals surface area contributed by atoms with Crippen LogP contribution < -0.4 is 15.2 Å². The Morgan fingerprint density at radius 1 is 1.25 bits per heavy atom. The van der Waals surface area contributed by atoms with Crippen LogP contribution in [-0.2, 0) is 0 Å². The average molecular weight is 223 g/mol. The first-order valence-electron chi connectivity index (χ1n) is 5.83. The highest BCUT2D eigenvalue weighted by molar-refractivity contribution is 5.32. The first-order chi connectivity index (χ1) is 7.72. The third-order valence-corrected chi connectivity index (χ3v) is 2.09. The summed E-state index contributed by atoms with van der Waals surface area (Å²) < 4.78 is 11.1. The van der Waals surface area contributed by atoms with E-state index in [-0.39, 0.29) is 6.04 Å². The van der Waals surface area contributed by atoms with Crippen molar-refractivity contribution in [1.29, 1.82) is 0 Å². The van der Waals surface area contributed by atoms with Crippen LogP contribution in [0.4, 0.5) is 0 Å². The van der Waals surface area contributed by atoms with Gasteiger partial charge in [-0.25, -0.2) is 0 Å². The van der Waals surface area contributed by atoms with Gasteiger partial charge >= 0.3 is 0 Å². The van der Waals surface area contributed by atoms with E-state index in [1.165, 1.54) is 0 Å². The Labute approximate surface area is 97.6 Å². The molecule has 0 aliphatic heterocycles. The van der Waals surface area contributed by atoms with Crippen LogP contribution in [-0.4, -0.2) is 19.3 Å². The molecular formula is C13H21NO2. The number of hydrogen-bond donors (Lipinski definition) is 1. The molecule has 0 aromatic heterocycles. The van der Waals surface area contributed by atoms with Crippen LogP contribution in [0.15, 0.2) is 24.3 Å². The highest BCUT2D eigenvalue weighted by atomic mass is 16.5. The van der Waals surface area contributed by atoms with Gasteiger partial charge in [0.05, 0.1) is 6.61 Å². The Bertz CT molecular complexity index is 300. The summed E-state index contributed by atoms with van der Waals surface area (Å²) in [5, 5.41) is 0. The lowest BCUT2D eigenvalue weighted by Gasteiger charge is -2.10. The molecule has 0 heterocycles. The van der Waals surface area contributed by atoms with E-state index in [2.05, 4.69) is 6.92 Å². The normalized spacial score (nSPS) is 12.2. The molecule has 0 spiro atoms. The van der Waals surface area contributed by atoms with Crippen molar-refractivity contribution in [3.63, 3.8) is 0 Å². The van der Waals surface area contributed by atoms with Gasteiger partial charge in [0.25, 0.3) is 0 Å². The fourth-order valence-electron chi connectivity index (χ4n) is 1.22. The molecule has 1 aromatic carbocycles. The maximum Gasteiger partial charge on any atom is 0.123 e. The van der Waals surface area contributed by atoms with Crippen LogP contribution in [0.25, 0.3) is 0 Å². The van der Waals surface area contributed by atoms with Gasteiger partial charge in [-0.3, -0.25) is 0 Å². The van der Waals surface area contributed by atoms with Gasteiger partial charge in [-0.05, 0) is 25.5 Å². The Morgan fingerprint density at radius 3 is 2.56 bits per heavy atom. The van der Waals surface area contributed by atoms with E-state index < -0.39 is 0 Å². The van der Waals surface area contributed by atoms with Gasteiger partial charge in [0.15, 0.2) is 0 Å². The smallest absolute Gasteiger partial charge is 0.123 e. The standard InChI is InChI=1S/C13H21NO2/c1-3-4-8-15-12-6-5-7-13(9-12)16-10-11(2)14/h5-7,9,11H,3-4,8,10,14H2,1-2H3. The molecule has 0 radical (unpaired) electrons. The van der Waals surface area contributed by atoms with Gasteiger partial charge in [-0.1, -0.05) is 19.4 Å². The second kappa shape index (κ2) is 7.12. The predicted octanol–water partition coefficient (Wildman–Crippen LogP) is 2.59. The van der Waals surface area contributed by atoms with Crippen molar-refractivity contribution in [2.75, 3.05) is 13.2 Å². The van der Waals surface area contributed by atoms with Crippen molar-refractivity contribution in [3.05, 3.63) is 24.3 Å². The lowest BCUT2D eigenvalue weighted by atomic mass is 10.3. The number of rotatable bonds is 7. The fourth-order valence-corrected chi connectivity index (χ4v) is 1.22. The van der Waals surface area contributed by atoms with Crippen LogP contribution in [0.3, 0.4) is 0 Å². The minimum absolute atomic E-state index is 0.0460. The Kier molecular flexibility index (Phi) is 5.72.